The van der Waals surface area contributed by atoms with E-state index in [4.69, 9.17) is 19.4 Å². The molecule has 1 amide bonds. The highest BCUT2D eigenvalue weighted by atomic mass is 32.1. The van der Waals surface area contributed by atoms with E-state index in [-0.39, 0.29) is 11.8 Å². The van der Waals surface area contributed by atoms with Gasteiger partial charge in [-0.05, 0) is 58.8 Å². The third-order valence-corrected chi connectivity index (χ3v) is 10.3. The van der Waals surface area contributed by atoms with Crippen molar-refractivity contribution in [3.63, 3.8) is 0 Å². The van der Waals surface area contributed by atoms with E-state index in [2.05, 4.69) is 32.1 Å². The smallest absolute Gasteiger partial charge is 0.225 e. The fraction of sp³-hybridized carbons (Fsp3) is 0.576. The van der Waals surface area contributed by atoms with Crippen LogP contribution in [0.15, 0.2) is 30.5 Å². The maximum absolute atomic E-state index is 13.4. The molecule has 0 aliphatic carbocycles. The first-order chi connectivity index (χ1) is 22.2. The van der Waals surface area contributed by atoms with E-state index >= 15 is 0 Å². The average molecular weight is 649 g/mol. The van der Waals surface area contributed by atoms with Crippen molar-refractivity contribution in [3.05, 3.63) is 35.3 Å². The number of likely N-dealkylation sites (tertiary alicyclic amines) is 1. The number of amides is 1. The third-order valence-electron chi connectivity index (χ3n) is 9.15. The number of aliphatic hydroxyl groups is 1. The van der Waals surface area contributed by atoms with Crippen molar-refractivity contribution in [2.75, 3.05) is 70.5 Å². The number of hydrogen-bond acceptors (Lipinski definition) is 11. The topological polar surface area (TPSA) is 123 Å². The second-order valence-corrected chi connectivity index (χ2v) is 14.6. The lowest BCUT2D eigenvalue weighted by Crippen LogP contribution is -2.55. The molecular formula is C33H44N8O4S. The van der Waals surface area contributed by atoms with Crippen LogP contribution in [0, 0.1) is 5.92 Å². The van der Waals surface area contributed by atoms with Crippen LogP contribution >= 0.6 is 11.3 Å². The van der Waals surface area contributed by atoms with Gasteiger partial charge in [0.2, 0.25) is 12.3 Å². The van der Waals surface area contributed by atoms with Gasteiger partial charge in [-0.15, -0.1) is 11.3 Å². The average Bonchev–Trinajstić information content (AvgIpc) is 3.71. The maximum atomic E-state index is 13.4. The Kier molecular flexibility index (Phi) is 8.96. The van der Waals surface area contributed by atoms with Crippen molar-refractivity contribution in [2.45, 2.75) is 52.2 Å². The zero-order valence-electron chi connectivity index (χ0n) is 26.9. The Morgan fingerprint density at radius 3 is 2.59 bits per heavy atom. The van der Waals surface area contributed by atoms with Crippen molar-refractivity contribution in [2.24, 2.45) is 5.92 Å². The Morgan fingerprint density at radius 1 is 1.09 bits per heavy atom. The van der Waals surface area contributed by atoms with Crippen molar-refractivity contribution in [3.8, 4) is 11.4 Å². The highest BCUT2D eigenvalue weighted by molar-refractivity contribution is 7.19. The van der Waals surface area contributed by atoms with E-state index in [0.717, 1.165) is 78.1 Å². The zero-order valence-corrected chi connectivity index (χ0v) is 27.8. The molecule has 0 spiro atoms. The number of carbonyl (C=O) groups is 1. The first-order valence-electron chi connectivity index (χ1n) is 16.4. The molecule has 1 aromatic carbocycles. The Balaban J connectivity index is 1.01. The van der Waals surface area contributed by atoms with E-state index in [0.29, 0.717) is 45.2 Å². The van der Waals surface area contributed by atoms with Crippen LogP contribution < -0.4 is 4.90 Å². The van der Waals surface area contributed by atoms with E-state index in [1.54, 1.807) is 11.3 Å². The minimum Gasteiger partial charge on any atom is -0.378 e. The van der Waals surface area contributed by atoms with Crippen molar-refractivity contribution in [1.82, 2.24) is 34.9 Å². The lowest BCUT2D eigenvalue weighted by molar-refractivity contribution is -0.244. The molecule has 3 aliphatic rings. The number of rotatable bonds is 7. The van der Waals surface area contributed by atoms with Gasteiger partial charge in [0, 0.05) is 67.6 Å². The minimum absolute atomic E-state index is 0.0490. The maximum Gasteiger partial charge on any atom is 0.225 e. The number of ether oxygens (including phenoxy) is 2. The summed E-state index contributed by atoms with van der Waals surface area (Å²) in [6, 6.07) is 8.31. The van der Waals surface area contributed by atoms with Gasteiger partial charge in [0.05, 0.1) is 40.7 Å². The zero-order chi connectivity index (χ0) is 31.8. The summed E-state index contributed by atoms with van der Waals surface area (Å²) in [5.41, 5.74) is 2.48. The van der Waals surface area contributed by atoms with Gasteiger partial charge in [0.15, 0.2) is 11.6 Å². The largest absolute Gasteiger partial charge is 0.378 e. The molecule has 46 heavy (non-hydrogen) atoms. The minimum atomic E-state index is -0.942. The number of nitrogens with one attached hydrogen (secondary N) is 1. The normalized spacial score (nSPS) is 20.2. The molecule has 3 aliphatic heterocycles. The van der Waals surface area contributed by atoms with Gasteiger partial charge >= 0.3 is 0 Å². The molecule has 3 aromatic heterocycles. The quantitative estimate of drug-likeness (QED) is 0.288. The van der Waals surface area contributed by atoms with Gasteiger partial charge in [0.25, 0.3) is 0 Å². The molecule has 4 aromatic rings. The van der Waals surface area contributed by atoms with Crippen LogP contribution in [-0.2, 0) is 20.8 Å². The molecule has 7 rings (SSSR count). The number of hydrogen-bond donors (Lipinski definition) is 2. The summed E-state index contributed by atoms with van der Waals surface area (Å²) >= 11 is 1.78. The molecule has 13 heteroatoms. The number of thiophene rings is 1. The third kappa shape index (κ3) is 6.76. The SMILES string of the molecule is CC(C)(C)OC(O)N1CCN(C(=O)C2CCN(Cc3cc4nc(-c5cccc6[nH]ncc56)nc(N5CCOCC5)c4s3)CC2)CC1. The number of aliphatic hydroxyl groups excluding tert-OH is 1. The number of piperidine rings is 1. The number of nitrogens with zero attached hydrogens (tertiary/aromatic N) is 7. The number of aromatic nitrogens is 4. The summed E-state index contributed by atoms with van der Waals surface area (Å²) in [6.45, 7) is 13.8. The number of benzene rings is 1. The summed E-state index contributed by atoms with van der Waals surface area (Å²) in [5, 5.41) is 18.7. The van der Waals surface area contributed by atoms with Crippen LogP contribution in [0.4, 0.5) is 5.82 Å². The van der Waals surface area contributed by atoms with Crippen LogP contribution in [0.5, 0.6) is 0 Å². The Labute approximate surface area is 273 Å². The lowest BCUT2D eigenvalue weighted by Gasteiger charge is -2.40. The number of carbonyl (C=O) groups excluding carboxylic acids is 1. The van der Waals surface area contributed by atoms with Crippen molar-refractivity contribution >= 4 is 44.2 Å². The summed E-state index contributed by atoms with van der Waals surface area (Å²) in [4.78, 5) is 33.5. The number of morpholine rings is 1. The summed E-state index contributed by atoms with van der Waals surface area (Å²) in [6.07, 6.45) is 2.62. The van der Waals surface area contributed by atoms with Gasteiger partial charge in [-0.1, -0.05) is 12.1 Å². The first-order valence-corrected chi connectivity index (χ1v) is 17.2. The highest BCUT2D eigenvalue weighted by Crippen LogP contribution is 2.37. The second-order valence-electron chi connectivity index (χ2n) is 13.5. The van der Waals surface area contributed by atoms with E-state index in [1.165, 1.54) is 4.88 Å². The van der Waals surface area contributed by atoms with Gasteiger partial charge < -0.3 is 24.4 Å². The van der Waals surface area contributed by atoms with Crippen LogP contribution in [0.25, 0.3) is 32.5 Å². The molecule has 246 valence electrons. The summed E-state index contributed by atoms with van der Waals surface area (Å²) < 4.78 is 12.5. The molecule has 0 saturated carbocycles. The van der Waals surface area contributed by atoms with Crippen LogP contribution in [-0.4, -0.2) is 123 Å². The predicted octanol–water partition coefficient (Wildman–Crippen LogP) is 3.52. The summed E-state index contributed by atoms with van der Waals surface area (Å²) in [5.74, 6) is 1.98. The summed E-state index contributed by atoms with van der Waals surface area (Å²) in [7, 11) is 0. The van der Waals surface area contributed by atoms with Gasteiger partial charge in [0.1, 0.15) is 0 Å². The Morgan fingerprint density at radius 2 is 1.85 bits per heavy atom. The Bertz CT molecular complexity index is 1660. The van der Waals surface area contributed by atoms with Crippen LogP contribution in [0.3, 0.4) is 0 Å². The van der Waals surface area contributed by atoms with Crippen LogP contribution in [0.1, 0.15) is 38.5 Å². The molecule has 0 bridgehead atoms. The number of piperazine rings is 1. The molecule has 12 nitrogen and oxygen atoms in total. The highest BCUT2D eigenvalue weighted by Gasteiger charge is 2.33. The molecule has 1 atom stereocenters. The molecule has 1 unspecified atom stereocenters. The van der Waals surface area contributed by atoms with Gasteiger partial charge in [-0.25, -0.2) is 9.97 Å². The number of fused-ring (bicyclic) bond motifs is 2. The van der Waals surface area contributed by atoms with E-state index in [9.17, 15) is 9.90 Å². The fourth-order valence-electron chi connectivity index (χ4n) is 6.69. The molecule has 6 heterocycles. The monoisotopic (exact) mass is 648 g/mol. The Hall–Kier alpha value is -3.20. The number of H-pyrrole nitrogens is 1. The molecule has 2 N–H and O–H groups in total. The number of anilines is 1. The molecule has 3 saturated heterocycles. The van der Waals surface area contributed by atoms with Crippen molar-refractivity contribution < 1.29 is 19.4 Å². The standard InChI is InChI=1S/C33H44N8O4S/c1-33(2,3)45-32(43)41-13-11-40(12-14-41)31(42)22-7-9-38(10-8-22)21-23-19-27-28(46-23)30(39-15-17-44-18-16-39)36-29(35-27)24-5-4-6-26-25(24)20-34-37-26/h4-6,19-20,22,32,43H,7-18,21H2,1-3H3,(H,34,37). The van der Waals surface area contributed by atoms with E-state index < -0.39 is 12.0 Å². The molecular weight excluding hydrogens is 604 g/mol. The predicted molar refractivity (Wildman–Crippen MR) is 179 cm³/mol. The molecule has 0 radical (unpaired) electrons. The van der Waals surface area contributed by atoms with Gasteiger partial charge in [-0.2, -0.15) is 5.10 Å². The van der Waals surface area contributed by atoms with Crippen LogP contribution in [0.2, 0.25) is 0 Å². The lowest BCUT2D eigenvalue weighted by atomic mass is 9.95. The second kappa shape index (κ2) is 13.1. The van der Waals surface area contributed by atoms with Gasteiger partial charge in [-0.3, -0.25) is 19.7 Å². The van der Waals surface area contributed by atoms with E-state index in [1.807, 2.05) is 48.9 Å². The number of aromatic amines is 1. The van der Waals surface area contributed by atoms with Crippen molar-refractivity contribution in [1.29, 1.82) is 0 Å². The molecule has 3 fully saturated rings. The fourth-order valence-corrected chi connectivity index (χ4v) is 7.84. The first kappa shape index (κ1) is 31.4.